The van der Waals surface area contributed by atoms with Gasteiger partial charge in [-0.2, -0.15) is 8.42 Å². The van der Waals surface area contributed by atoms with Crippen LogP contribution in [0.1, 0.15) is 17.7 Å². The number of aryl methyl sites for hydroxylation is 2. The molecule has 0 unspecified atom stereocenters. The largest absolute Gasteiger partial charge is 0.296 e. The first-order chi connectivity index (χ1) is 12.0. The van der Waals surface area contributed by atoms with Crippen molar-refractivity contribution in [2.45, 2.75) is 24.7 Å². The molecular weight excluding hydrogens is 340 g/mol. The van der Waals surface area contributed by atoms with Gasteiger partial charge in [0.15, 0.2) is 0 Å². The summed E-state index contributed by atoms with van der Waals surface area (Å²) in [6, 6.07) is 10.2. The molecular formula is C17H18N4O3S. The Hall–Kier alpha value is -2.58. The van der Waals surface area contributed by atoms with Gasteiger partial charge in [-0.3, -0.25) is 9.17 Å². The van der Waals surface area contributed by atoms with Gasteiger partial charge < -0.3 is 0 Å². The maximum absolute atomic E-state index is 12.1. The average Bonchev–Trinajstić information content (AvgIpc) is 3.09. The Balaban J connectivity index is 1.52. The third-order valence-electron chi connectivity index (χ3n) is 3.59. The Labute approximate surface area is 146 Å². The van der Waals surface area contributed by atoms with E-state index in [0.29, 0.717) is 12.8 Å². The summed E-state index contributed by atoms with van der Waals surface area (Å²) in [6.07, 6.45) is 6.28. The van der Waals surface area contributed by atoms with Crippen LogP contribution < -0.4 is 0 Å². The fourth-order valence-electron chi connectivity index (χ4n) is 2.23. The van der Waals surface area contributed by atoms with Crippen LogP contribution in [0.2, 0.25) is 0 Å². The van der Waals surface area contributed by atoms with Gasteiger partial charge in [-0.05, 0) is 44.0 Å². The Morgan fingerprint density at radius 3 is 2.52 bits per heavy atom. The van der Waals surface area contributed by atoms with E-state index in [1.54, 1.807) is 41.3 Å². The third kappa shape index (κ3) is 4.49. The van der Waals surface area contributed by atoms with Gasteiger partial charge in [0, 0.05) is 12.4 Å². The molecule has 0 aliphatic carbocycles. The van der Waals surface area contributed by atoms with Crippen LogP contribution in [0.3, 0.4) is 0 Å². The molecule has 130 valence electrons. The SMILES string of the molecule is Cc1ccc(S(=O)(=O)OCCCc2cn(-c3ccncc3)nn2)cc1. The Kier molecular flexibility index (Phi) is 5.20. The van der Waals surface area contributed by atoms with Gasteiger partial charge in [0.05, 0.1) is 29.1 Å². The number of nitrogens with zero attached hydrogens (tertiary/aromatic N) is 4. The van der Waals surface area contributed by atoms with Gasteiger partial charge in [-0.25, -0.2) is 4.68 Å². The highest BCUT2D eigenvalue weighted by Crippen LogP contribution is 2.14. The topological polar surface area (TPSA) is 87.0 Å². The molecule has 0 saturated heterocycles. The lowest BCUT2D eigenvalue weighted by molar-refractivity contribution is 0.312. The van der Waals surface area contributed by atoms with E-state index in [1.165, 1.54) is 0 Å². The second-order valence-corrected chi connectivity index (χ2v) is 7.17. The zero-order chi connectivity index (χ0) is 17.7. The van der Waals surface area contributed by atoms with E-state index in [0.717, 1.165) is 16.9 Å². The van der Waals surface area contributed by atoms with Gasteiger partial charge >= 0.3 is 0 Å². The highest BCUT2D eigenvalue weighted by Gasteiger charge is 2.14. The van der Waals surface area contributed by atoms with Crippen LogP contribution in [0.25, 0.3) is 5.69 Å². The first-order valence-electron chi connectivity index (χ1n) is 7.82. The molecule has 0 atom stereocenters. The summed E-state index contributed by atoms with van der Waals surface area (Å²) in [5, 5.41) is 8.13. The summed E-state index contributed by atoms with van der Waals surface area (Å²) < 4.78 is 30.9. The highest BCUT2D eigenvalue weighted by atomic mass is 32.2. The van der Waals surface area contributed by atoms with E-state index < -0.39 is 10.1 Å². The van der Waals surface area contributed by atoms with Crippen molar-refractivity contribution >= 4 is 10.1 Å². The van der Waals surface area contributed by atoms with Crippen molar-refractivity contribution in [3.05, 3.63) is 66.2 Å². The number of aromatic nitrogens is 4. The van der Waals surface area contributed by atoms with Crippen molar-refractivity contribution in [1.29, 1.82) is 0 Å². The molecule has 2 aromatic heterocycles. The Bertz CT molecular complexity index is 922. The van der Waals surface area contributed by atoms with Crippen LogP contribution in [0, 0.1) is 6.92 Å². The molecule has 8 heteroatoms. The van der Waals surface area contributed by atoms with Gasteiger partial charge in [-0.1, -0.05) is 22.9 Å². The van der Waals surface area contributed by atoms with E-state index >= 15 is 0 Å². The van der Waals surface area contributed by atoms with Crippen LogP contribution in [-0.4, -0.2) is 35.0 Å². The molecule has 0 saturated carbocycles. The van der Waals surface area contributed by atoms with E-state index in [-0.39, 0.29) is 11.5 Å². The maximum Gasteiger partial charge on any atom is 0.296 e. The van der Waals surface area contributed by atoms with Gasteiger partial charge in [0.1, 0.15) is 0 Å². The lowest BCUT2D eigenvalue weighted by Crippen LogP contribution is -2.08. The Morgan fingerprint density at radius 2 is 1.80 bits per heavy atom. The minimum absolute atomic E-state index is 0.0956. The fraction of sp³-hybridized carbons (Fsp3) is 0.235. The lowest BCUT2D eigenvalue weighted by atomic mass is 10.2. The highest BCUT2D eigenvalue weighted by molar-refractivity contribution is 7.86. The van der Waals surface area contributed by atoms with Gasteiger partial charge in [0.2, 0.25) is 0 Å². The normalized spacial score (nSPS) is 11.6. The zero-order valence-corrected chi connectivity index (χ0v) is 14.6. The molecule has 0 N–H and O–H groups in total. The summed E-state index contributed by atoms with van der Waals surface area (Å²) in [4.78, 5) is 4.12. The van der Waals surface area contributed by atoms with Crippen LogP contribution in [0.4, 0.5) is 0 Å². The number of rotatable bonds is 7. The number of pyridine rings is 1. The molecule has 25 heavy (non-hydrogen) atoms. The zero-order valence-electron chi connectivity index (χ0n) is 13.7. The first kappa shape index (κ1) is 17.2. The van der Waals surface area contributed by atoms with Crippen molar-refractivity contribution in [2.75, 3.05) is 6.61 Å². The quantitative estimate of drug-likeness (QED) is 0.476. The summed E-state index contributed by atoms with van der Waals surface area (Å²) in [5.74, 6) is 0. The fourth-order valence-corrected chi connectivity index (χ4v) is 3.17. The molecule has 7 nitrogen and oxygen atoms in total. The molecule has 0 amide bonds. The number of hydrogen-bond donors (Lipinski definition) is 0. The van der Waals surface area contributed by atoms with Gasteiger partial charge in [0.25, 0.3) is 10.1 Å². The summed E-state index contributed by atoms with van der Waals surface area (Å²) in [6.45, 7) is 1.99. The van der Waals surface area contributed by atoms with Crippen molar-refractivity contribution in [3.8, 4) is 5.69 Å². The van der Waals surface area contributed by atoms with Crippen LogP contribution in [0.15, 0.2) is 59.9 Å². The van der Waals surface area contributed by atoms with Crippen LogP contribution >= 0.6 is 0 Å². The molecule has 0 radical (unpaired) electrons. The molecule has 0 fully saturated rings. The van der Waals surface area contributed by atoms with Crippen molar-refractivity contribution < 1.29 is 12.6 Å². The molecule has 3 rings (SSSR count). The lowest BCUT2D eigenvalue weighted by Gasteiger charge is -2.05. The molecule has 2 heterocycles. The van der Waals surface area contributed by atoms with Gasteiger partial charge in [-0.15, -0.1) is 5.10 Å². The number of benzene rings is 1. The molecule has 3 aromatic rings. The second kappa shape index (κ2) is 7.54. The minimum Gasteiger partial charge on any atom is -0.266 e. The van der Waals surface area contributed by atoms with E-state index in [4.69, 9.17) is 4.18 Å². The predicted octanol–water partition coefficient (Wildman–Crippen LogP) is 2.31. The van der Waals surface area contributed by atoms with E-state index in [1.807, 2.05) is 25.3 Å². The summed E-state index contributed by atoms with van der Waals surface area (Å²) in [7, 11) is -3.72. The van der Waals surface area contributed by atoms with Crippen LogP contribution in [-0.2, 0) is 20.7 Å². The molecule has 0 bridgehead atoms. The van der Waals surface area contributed by atoms with Crippen molar-refractivity contribution in [2.24, 2.45) is 0 Å². The monoisotopic (exact) mass is 358 g/mol. The molecule has 0 aliphatic rings. The smallest absolute Gasteiger partial charge is 0.266 e. The Morgan fingerprint density at radius 1 is 1.08 bits per heavy atom. The minimum atomic E-state index is -3.72. The first-order valence-corrected chi connectivity index (χ1v) is 9.23. The summed E-state index contributed by atoms with van der Waals surface area (Å²) >= 11 is 0. The molecule has 0 aliphatic heterocycles. The molecule has 0 spiro atoms. The maximum atomic E-state index is 12.1. The van der Waals surface area contributed by atoms with E-state index in [9.17, 15) is 8.42 Å². The number of hydrogen-bond acceptors (Lipinski definition) is 6. The predicted molar refractivity (Wildman–Crippen MR) is 91.8 cm³/mol. The average molecular weight is 358 g/mol. The van der Waals surface area contributed by atoms with Crippen LogP contribution in [0.5, 0.6) is 0 Å². The van der Waals surface area contributed by atoms with E-state index in [2.05, 4.69) is 15.3 Å². The second-order valence-electron chi connectivity index (χ2n) is 5.55. The van der Waals surface area contributed by atoms with Crippen molar-refractivity contribution in [3.63, 3.8) is 0 Å². The standard InChI is InChI=1S/C17H18N4O3S/c1-14-4-6-17(7-5-14)25(22,23)24-12-2-3-15-13-21(20-19-15)16-8-10-18-11-9-16/h4-11,13H,2-3,12H2,1H3. The third-order valence-corrected chi connectivity index (χ3v) is 4.92. The summed E-state index contributed by atoms with van der Waals surface area (Å²) in [5.41, 5.74) is 2.64. The molecule has 1 aromatic carbocycles. The van der Waals surface area contributed by atoms with Crippen molar-refractivity contribution in [1.82, 2.24) is 20.0 Å².